The molecule has 3 amide bonds. The normalized spacial score (nSPS) is 11.2. The third-order valence-electron chi connectivity index (χ3n) is 3.53. The molecule has 0 saturated carbocycles. The number of benzene rings is 1. The third kappa shape index (κ3) is 5.60. The minimum atomic E-state index is -0.556. The van der Waals surface area contributed by atoms with Crippen molar-refractivity contribution in [3.05, 3.63) is 35.2 Å². The van der Waals surface area contributed by atoms with Crippen LogP contribution in [0.25, 0.3) is 0 Å². The van der Waals surface area contributed by atoms with Crippen molar-refractivity contribution in [2.75, 3.05) is 11.1 Å². The van der Waals surface area contributed by atoms with Crippen LogP contribution < -0.4 is 10.6 Å². The molecule has 0 atom stereocenters. The molecule has 8 heteroatoms. The lowest BCUT2D eigenvalue weighted by Gasteiger charge is -2.12. The number of aromatic amines is 1. The van der Waals surface area contributed by atoms with Crippen LogP contribution in [-0.4, -0.2) is 32.9 Å². The molecule has 134 valence electrons. The van der Waals surface area contributed by atoms with Gasteiger partial charge in [-0.3, -0.25) is 15.2 Å². The highest BCUT2D eigenvalue weighted by atomic mass is 32.2. The molecule has 3 N–H and O–H groups in total. The Labute approximate surface area is 151 Å². The topological polar surface area (TPSA) is 99.8 Å². The fraction of sp³-hybridized carbons (Fsp3) is 0.412. The van der Waals surface area contributed by atoms with Crippen LogP contribution in [0.15, 0.2) is 23.4 Å². The quantitative estimate of drug-likeness (QED) is 0.726. The van der Waals surface area contributed by atoms with E-state index in [-0.39, 0.29) is 11.2 Å². The van der Waals surface area contributed by atoms with Gasteiger partial charge in [-0.1, -0.05) is 38.6 Å². The van der Waals surface area contributed by atoms with Crippen LogP contribution in [0.3, 0.4) is 0 Å². The molecule has 0 aliphatic heterocycles. The molecule has 1 aromatic carbocycles. The minimum Gasteiger partial charge on any atom is -0.308 e. The number of hydrogen-bond acceptors (Lipinski definition) is 5. The zero-order valence-electron chi connectivity index (χ0n) is 15.1. The monoisotopic (exact) mass is 361 g/mol. The molecule has 0 radical (unpaired) electrons. The number of urea groups is 1. The van der Waals surface area contributed by atoms with Gasteiger partial charge in [0, 0.05) is 11.1 Å². The number of aromatic nitrogens is 3. The Morgan fingerprint density at radius 2 is 1.92 bits per heavy atom. The fourth-order valence-electron chi connectivity index (χ4n) is 1.92. The molecular weight excluding hydrogens is 338 g/mol. The van der Waals surface area contributed by atoms with Crippen molar-refractivity contribution < 1.29 is 9.59 Å². The van der Waals surface area contributed by atoms with Crippen molar-refractivity contribution in [3.63, 3.8) is 0 Å². The second-order valence-corrected chi connectivity index (χ2v) is 7.75. The number of aryl methyl sites for hydroxylation is 2. The van der Waals surface area contributed by atoms with Gasteiger partial charge < -0.3 is 5.32 Å². The van der Waals surface area contributed by atoms with Gasteiger partial charge in [-0.05, 0) is 37.1 Å². The summed E-state index contributed by atoms with van der Waals surface area (Å²) in [5, 5.41) is 12.3. The van der Waals surface area contributed by atoms with Gasteiger partial charge in [-0.15, -0.1) is 5.10 Å². The summed E-state index contributed by atoms with van der Waals surface area (Å²) in [5.74, 6) is 0.401. The smallest absolute Gasteiger partial charge is 0.308 e. The average molecular weight is 361 g/mol. The Morgan fingerprint density at radius 3 is 2.52 bits per heavy atom. The summed E-state index contributed by atoms with van der Waals surface area (Å²) in [7, 11) is 0. The van der Waals surface area contributed by atoms with Crippen molar-refractivity contribution in [1.29, 1.82) is 0 Å². The standard InChI is InChI=1S/C17H23N5O2S/c1-10-6-7-12(8-11(10)2)18-15(24)19-13(23)9-25-16-20-14(21-22-16)17(3,4)5/h6-8H,9H2,1-5H3,(H,20,21,22)(H2,18,19,23,24). The summed E-state index contributed by atoms with van der Waals surface area (Å²) in [6.07, 6.45) is 0. The van der Waals surface area contributed by atoms with E-state index < -0.39 is 11.9 Å². The summed E-state index contributed by atoms with van der Waals surface area (Å²) < 4.78 is 0. The first-order valence-corrected chi connectivity index (χ1v) is 8.87. The molecule has 0 fully saturated rings. The number of nitrogens with zero attached hydrogens (tertiary/aromatic N) is 2. The van der Waals surface area contributed by atoms with Crippen LogP contribution in [0, 0.1) is 13.8 Å². The summed E-state index contributed by atoms with van der Waals surface area (Å²) in [4.78, 5) is 28.1. The molecule has 1 heterocycles. The first-order valence-electron chi connectivity index (χ1n) is 7.89. The fourth-order valence-corrected chi connectivity index (χ4v) is 2.52. The summed E-state index contributed by atoms with van der Waals surface area (Å²) in [6, 6.07) is 5.01. The number of nitrogens with one attached hydrogen (secondary N) is 3. The van der Waals surface area contributed by atoms with Crippen molar-refractivity contribution >= 4 is 29.4 Å². The van der Waals surface area contributed by atoms with E-state index in [0.29, 0.717) is 10.8 Å². The van der Waals surface area contributed by atoms with Crippen LogP contribution in [0.2, 0.25) is 0 Å². The van der Waals surface area contributed by atoms with E-state index in [2.05, 4.69) is 25.8 Å². The zero-order valence-corrected chi connectivity index (χ0v) is 15.9. The Balaban J connectivity index is 1.82. The second kappa shape index (κ2) is 7.69. The molecule has 0 unspecified atom stereocenters. The molecule has 0 aliphatic rings. The largest absolute Gasteiger partial charge is 0.325 e. The maximum absolute atomic E-state index is 11.9. The number of imide groups is 1. The minimum absolute atomic E-state index is 0.0573. The van der Waals surface area contributed by atoms with E-state index in [1.54, 1.807) is 6.07 Å². The molecule has 2 rings (SSSR count). The summed E-state index contributed by atoms with van der Waals surface area (Å²) in [6.45, 7) is 10.0. The van der Waals surface area contributed by atoms with E-state index in [9.17, 15) is 9.59 Å². The number of amides is 3. The molecule has 1 aromatic heterocycles. The molecular formula is C17H23N5O2S. The molecule has 0 bridgehead atoms. The van der Waals surface area contributed by atoms with Crippen molar-refractivity contribution in [2.45, 2.75) is 45.2 Å². The van der Waals surface area contributed by atoms with Crippen LogP contribution >= 0.6 is 11.8 Å². The number of carbonyl (C=O) groups is 2. The third-order valence-corrected chi connectivity index (χ3v) is 4.37. The molecule has 0 spiro atoms. The van der Waals surface area contributed by atoms with Gasteiger partial charge in [0.05, 0.1) is 5.75 Å². The van der Waals surface area contributed by atoms with Crippen LogP contribution in [-0.2, 0) is 10.2 Å². The maximum Gasteiger partial charge on any atom is 0.325 e. The van der Waals surface area contributed by atoms with Crippen LogP contribution in [0.5, 0.6) is 0 Å². The first-order chi connectivity index (χ1) is 11.6. The van der Waals surface area contributed by atoms with Gasteiger partial charge >= 0.3 is 6.03 Å². The van der Waals surface area contributed by atoms with E-state index in [1.165, 1.54) is 11.8 Å². The Morgan fingerprint density at radius 1 is 1.20 bits per heavy atom. The van der Waals surface area contributed by atoms with E-state index >= 15 is 0 Å². The number of rotatable bonds is 4. The number of carbonyl (C=O) groups excluding carboxylic acids is 2. The molecule has 7 nitrogen and oxygen atoms in total. The predicted molar refractivity (Wildman–Crippen MR) is 98.9 cm³/mol. The number of anilines is 1. The lowest BCUT2D eigenvalue weighted by molar-refractivity contribution is -0.117. The highest BCUT2D eigenvalue weighted by Gasteiger charge is 2.19. The average Bonchev–Trinajstić information content (AvgIpc) is 2.98. The Kier molecular flexibility index (Phi) is 5.84. The highest BCUT2D eigenvalue weighted by Crippen LogP contribution is 2.20. The van der Waals surface area contributed by atoms with E-state index in [0.717, 1.165) is 17.0 Å². The van der Waals surface area contributed by atoms with Crippen LogP contribution in [0.4, 0.5) is 10.5 Å². The van der Waals surface area contributed by atoms with Crippen LogP contribution in [0.1, 0.15) is 37.7 Å². The molecule has 25 heavy (non-hydrogen) atoms. The number of hydrogen-bond donors (Lipinski definition) is 3. The van der Waals surface area contributed by atoms with Gasteiger partial charge in [0.25, 0.3) is 0 Å². The van der Waals surface area contributed by atoms with Crippen molar-refractivity contribution in [1.82, 2.24) is 20.5 Å². The van der Waals surface area contributed by atoms with Gasteiger partial charge in [0.1, 0.15) is 5.82 Å². The predicted octanol–water partition coefficient (Wildman–Crippen LogP) is 3.16. The zero-order chi connectivity index (χ0) is 18.6. The Bertz CT molecular complexity index is 780. The lowest BCUT2D eigenvalue weighted by atomic mass is 9.96. The molecule has 0 aliphatic carbocycles. The maximum atomic E-state index is 11.9. The summed E-state index contributed by atoms with van der Waals surface area (Å²) in [5.41, 5.74) is 2.71. The van der Waals surface area contributed by atoms with Gasteiger partial charge in [0.2, 0.25) is 11.1 Å². The highest BCUT2D eigenvalue weighted by molar-refractivity contribution is 7.99. The molecule has 0 saturated heterocycles. The van der Waals surface area contributed by atoms with E-state index in [4.69, 9.17) is 0 Å². The second-order valence-electron chi connectivity index (χ2n) is 6.81. The van der Waals surface area contributed by atoms with Gasteiger partial charge in [-0.25, -0.2) is 9.78 Å². The number of thioether (sulfide) groups is 1. The lowest BCUT2D eigenvalue weighted by Crippen LogP contribution is -2.35. The van der Waals surface area contributed by atoms with E-state index in [1.807, 2.05) is 46.8 Å². The SMILES string of the molecule is Cc1ccc(NC(=O)NC(=O)CSc2n[nH]c(C(C)(C)C)n2)cc1C. The van der Waals surface area contributed by atoms with Crippen molar-refractivity contribution in [3.8, 4) is 0 Å². The van der Waals surface area contributed by atoms with Gasteiger partial charge in [-0.2, -0.15) is 0 Å². The summed E-state index contributed by atoms with van der Waals surface area (Å²) >= 11 is 1.17. The molecule has 2 aromatic rings. The Hall–Kier alpha value is -2.35. The van der Waals surface area contributed by atoms with Gasteiger partial charge in [0.15, 0.2) is 0 Å². The van der Waals surface area contributed by atoms with Crippen molar-refractivity contribution in [2.24, 2.45) is 0 Å². The first kappa shape index (κ1) is 19.0. The number of H-pyrrole nitrogens is 1.